The van der Waals surface area contributed by atoms with Crippen molar-refractivity contribution < 1.29 is 4.79 Å². The van der Waals surface area contributed by atoms with Gasteiger partial charge in [0.1, 0.15) is 0 Å². The summed E-state index contributed by atoms with van der Waals surface area (Å²) in [6, 6.07) is 0. The Kier molecular flexibility index (Phi) is 4.43. The summed E-state index contributed by atoms with van der Waals surface area (Å²) in [6.07, 6.45) is 10.6. The highest BCUT2D eigenvalue weighted by Gasteiger charge is 2.42. The normalized spacial score (nSPS) is 27.8. The number of likely N-dealkylation sites (tertiary alicyclic amines) is 2. The number of carbonyl (C=O) groups is 1. The Hall–Kier alpha value is -1.49. The van der Waals surface area contributed by atoms with Gasteiger partial charge in [-0.05, 0) is 52.6 Å². The molecule has 0 bridgehead atoms. The molecule has 2 aliphatic heterocycles. The molecule has 2 aliphatic rings. The second kappa shape index (κ2) is 6.32. The summed E-state index contributed by atoms with van der Waals surface area (Å²) < 4.78 is 0. The SMILES string of the molecule is CN1CCCC[C@]1(C)C(=O)N1CCC(c2cnccn2)CC1. The predicted molar refractivity (Wildman–Crippen MR) is 85.5 cm³/mol. The minimum absolute atomic E-state index is 0.308. The summed E-state index contributed by atoms with van der Waals surface area (Å²) in [5.41, 5.74) is 0.757. The molecule has 0 saturated carbocycles. The standard InChI is InChI=1S/C17H26N4O/c1-17(7-3-4-10-20(17)2)16(22)21-11-5-14(6-12-21)15-13-18-8-9-19-15/h8-9,13-14H,3-7,10-12H2,1-2H3/t17-/m1/s1. The topological polar surface area (TPSA) is 49.3 Å². The van der Waals surface area contributed by atoms with Crippen molar-refractivity contribution in [3.63, 3.8) is 0 Å². The lowest BCUT2D eigenvalue weighted by atomic mass is 9.86. The first-order valence-corrected chi connectivity index (χ1v) is 8.38. The molecule has 0 unspecified atom stereocenters. The van der Waals surface area contributed by atoms with Crippen LogP contribution in [0.25, 0.3) is 0 Å². The Morgan fingerprint density at radius 1 is 1.23 bits per heavy atom. The Balaban J connectivity index is 1.62. The summed E-state index contributed by atoms with van der Waals surface area (Å²) >= 11 is 0. The molecule has 22 heavy (non-hydrogen) atoms. The summed E-state index contributed by atoms with van der Waals surface area (Å²) in [6.45, 7) is 4.81. The summed E-state index contributed by atoms with van der Waals surface area (Å²) in [5.74, 6) is 0.752. The van der Waals surface area contributed by atoms with Crippen LogP contribution < -0.4 is 0 Å². The second-order valence-electron chi connectivity index (χ2n) is 6.85. The zero-order chi connectivity index (χ0) is 15.6. The third-order valence-corrected chi connectivity index (χ3v) is 5.49. The van der Waals surface area contributed by atoms with Crippen LogP contribution in [0.3, 0.4) is 0 Å². The molecule has 0 aromatic carbocycles. The van der Waals surface area contributed by atoms with Crippen LogP contribution in [0.5, 0.6) is 0 Å². The molecule has 3 rings (SSSR count). The molecule has 3 heterocycles. The van der Waals surface area contributed by atoms with Crippen molar-refractivity contribution in [2.75, 3.05) is 26.7 Å². The molecular formula is C17H26N4O. The molecular weight excluding hydrogens is 276 g/mol. The first-order chi connectivity index (χ1) is 10.6. The third-order valence-electron chi connectivity index (χ3n) is 5.49. The average Bonchev–Trinajstić information content (AvgIpc) is 2.58. The van der Waals surface area contributed by atoms with Crippen LogP contribution in [0, 0.1) is 0 Å². The number of piperidine rings is 2. The molecule has 5 heteroatoms. The Morgan fingerprint density at radius 3 is 2.64 bits per heavy atom. The van der Waals surface area contributed by atoms with Crippen molar-refractivity contribution in [2.24, 2.45) is 0 Å². The van der Waals surface area contributed by atoms with E-state index < -0.39 is 0 Å². The monoisotopic (exact) mass is 302 g/mol. The molecule has 120 valence electrons. The molecule has 1 amide bonds. The predicted octanol–water partition coefficient (Wildman–Crippen LogP) is 2.06. The zero-order valence-electron chi connectivity index (χ0n) is 13.7. The fourth-order valence-electron chi connectivity index (χ4n) is 3.77. The Morgan fingerprint density at radius 2 is 2.00 bits per heavy atom. The third kappa shape index (κ3) is 2.86. The van der Waals surface area contributed by atoms with Gasteiger partial charge < -0.3 is 4.90 Å². The number of likely N-dealkylation sites (N-methyl/N-ethyl adjacent to an activating group) is 1. The molecule has 0 radical (unpaired) electrons. The minimum Gasteiger partial charge on any atom is -0.341 e. The molecule has 0 N–H and O–H groups in total. The summed E-state index contributed by atoms with van der Waals surface area (Å²) in [5, 5.41) is 0. The largest absolute Gasteiger partial charge is 0.341 e. The number of hydrogen-bond acceptors (Lipinski definition) is 4. The van der Waals surface area contributed by atoms with Gasteiger partial charge >= 0.3 is 0 Å². The van der Waals surface area contributed by atoms with Gasteiger partial charge in [-0.3, -0.25) is 19.7 Å². The molecule has 1 aromatic rings. The summed E-state index contributed by atoms with van der Waals surface area (Å²) in [7, 11) is 2.09. The van der Waals surface area contributed by atoms with Gasteiger partial charge in [0.15, 0.2) is 0 Å². The Bertz CT molecular complexity index is 513. The summed E-state index contributed by atoms with van der Waals surface area (Å²) in [4.78, 5) is 25.9. The van der Waals surface area contributed by atoms with Crippen LogP contribution in [-0.2, 0) is 4.79 Å². The van der Waals surface area contributed by atoms with Gasteiger partial charge in [0.2, 0.25) is 5.91 Å². The fraction of sp³-hybridized carbons (Fsp3) is 0.706. The van der Waals surface area contributed by atoms with Crippen LogP contribution in [0.15, 0.2) is 18.6 Å². The van der Waals surface area contributed by atoms with Crippen molar-refractivity contribution in [1.82, 2.24) is 19.8 Å². The average molecular weight is 302 g/mol. The number of carbonyl (C=O) groups excluding carboxylic acids is 1. The lowest BCUT2D eigenvalue weighted by molar-refractivity contribution is -0.146. The quantitative estimate of drug-likeness (QED) is 0.839. The van der Waals surface area contributed by atoms with E-state index >= 15 is 0 Å². The zero-order valence-corrected chi connectivity index (χ0v) is 13.7. The van der Waals surface area contributed by atoms with E-state index in [0.717, 1.165) is 51.0 Å². The maximum atomic E-state index is 13.0. The van der Waals surface area contributed by atoms with E-state index in [4.69, 9.17) is 0 Å². The smallest absolute Gasteiger partial charge is 0.242 e. The van der Waals surface area contributed by atoms with Crippen molar-refractivity contribution in [3.05, 3.63) is 24.3 Å². The van der Waals surface area contributed by atoms with Crippen LogP contribution >= 0.6 is 0 Å². The van der Waals surface area contributed by atoms with Gasteiger partial charge in [-0.15, -0.1) is 0 Å². The molecule has 1 atom stereocenters. The van der Waals surface area contributed by atoms with Gasteiger partial charge in [0.05, 0.1) is 11.2 Å². The molecule has 2 fully saturated rings. The van der Waals surface area contributed by atoms with Crippen molar-refractivity contribution >= 4 is 5.91 Å². The highest BCUT2D eigenvalue weighted by Crippen LogP contribution is 2.32. The first kappa shape index (κ1) is 15.4. The van der Waals surface area contributed by atoms with Crippen LogP contribution in [0.1, 0.15) is 50.6 Å². The molecule has 1 aromatic heterocycles. The highest BCUT2D eigenvalue weighted by molar-refractivity contribution is 5.86. The lowest BCUT2D eigenvalue weighted by Crippen LogP contribution is -2.59. The van der Waals surface area contributed by atoms with Gasteiger partial charge in [-0.25, -0.2) is 0 Å². The van der Waals surface area contributed by atoms with Crippen molar-refractivity contribution in [1.29, 1.82) is 0 Å². The number of aromatic nitrogens is 2. The molecule has 0 spiro atoms. The fourth-order valence-corrected chi connectivity index (χ4v) is 3.77. The molecule has 5 nitrogen and oxygen atoms in total. The van der Waals surface area contributed by atoms with Crippen LogP contribution in [0.2, 0.25) is 0 Å². The van der Waals surface area contributed by atoms with Crippen LogP contribution in [0.4, 0.5) is 0 Å². The number of hydrogen-bond donors (Lipinski definition) is 0. The van der Waals surface area contributed by atoms with Crippen molar-refractivity contribution in [2.45, 2.75) is 50.5 Å². The minimum atomic E-state index is -0.308. The number of amides is 1. The first-order valence-electron chi connectivity index (χ1n) is 8.38. The number of rotatable bonds is 2. The van der Waals surface area contributed by atoms with Gasteiger partial charge in [0, 0.05) is 37.6 Å². The van der Waals surface area contributed by atoms with Gasteiger partial charge in [0.25, 0.3) is 0 Å². The van der Waals surface area contributed by atoms with Crippen molar-refractivity contribution in [3.8, 4) is 0 Å². The van der Waals surface area contributed by atoms with Crippen LogP contribution in [-0.4, -0.2) is 57.9 Å². The maximum Gasteiger partial charge on any atom is 0.242 e. The Labute approximate surface area is 132 Å². The second-order valence-corrected chi connectivity index (χ2v) is 6.85. The van der Waals surface area contributed by atoms with Gasteiger partial charge in [-0.1, -0.05) is 0 Å². The van der Waals surface area contributed by atoms with Gasteiger partial charge in [-0.2, -0.15) is 0 Å². The van der Waals surface area contributed by atoms with E-state index in [9.17, 15) is 4.79 Å². The molecule has 2 saturated heterocycles. The highest BCUT2D eigenvalue weighted by atomic mass is 16.2. The molecule has 0 aliphatic carbocycles. The van der Waals surface area contributed by atoms with E-state index in [1.54, 1.807) is 12.4 Å². The number of nitrogens with zero attached hydrogens (tertiary/aromatic N) is 4. The van der Waals surface area contributed by atoms with E-state index in [2.05, 4.69) is 33.7 Å². The van der Waals surface area contributed by atoms with E-state index in [1.807, 2.05) is 6.20 Å². The maximum absolute atomic E-state index is 13.0. The van der Waals surface area contributed by atoms with E-state index in [-0.39, 0.29) is 5.54 Å². The van der Waals surface area contributed by atoms with E-state index in [0.29, 0.717) is 11.8 Å². The van der Waals surface area contributed by atoms with E-state index in [1.165, 1.54) is 6.42 Å². The lowest BCUT2D eigenvalue weighted by Gasteiger charge is -2.45.